The number of hydrogen-bond acceptors (Lipinski definition) is 3. The predicted octanol–water partition coefficient (Wildman–Crippen LogP) is 8.63. The summed E-state index contributed by atoms with van der Waals surface area (Å²) in [6, 6.07) is 38.9. The highest BCUT2D eigenvalue weighted by Gasteiger charge is 2.16. The summed E-state index contributed by atoms with van der Waals surface area (Å²) < 4.78 is 4.32. The largest absolute Gasteiger partial charge is 0.354 e. The van der Waals surface area contributed by atoms with Crippen molar-refractivity contribution in [1.29, 1.82) is 0 Å². The first-order chi connectivity index (χ1) is 17.6. The Labute approximate surface area is 225 Å². The quantitative estimate of drug-likeness (QED) is 0.207. The Morgan fingerprint density at radius 1 is 0.694 bits per heavy atom. The maximum atomic E-state index is 5.03. The van der Waals surface area contributed by atoms with Gasteiger partial charge in [0.2, 0.25) is 0 Å². The van der Waals surface area contributed by atoms with Crippen molar-refractivity contribution in [3.05, 3.63) is 130 Å². The van der Waals surface area contributed by atoms with E-state index < -0.39 is 0 Å². The molecule has 0 fully saturated rings. The molecule has 36 heavy (non-hydrogen) atoms. The molecule has 1 N–H and O–H groups in total. The zero-order chi connectivity index (χ0) is 24.5. The second-order valence-electron chi connectivity index (χ2n) is 8.35. The van der Waals surface area contributed by atoms with Gasteiger partial charge in [-0.25, -0.2) is 9.98 Å². The molecular weight excluding hydrogens is 576 g/mol. The van der Waals surface area contributed by atoms with Crippen LogP contribution in [0.1, 0.15) is 0 Å². The molecule has 4 nitrogen and oxygen atoms in total. The highest BCUT2D eigenvalue weighted by molar-refractivity contribution is 9.10. The van der Waals surface area contributed by atoms with Crippen LogP contribution < -0.4 is 10.7 Å². The van der Waals surface area contributed by atoms with Crippen LogP contribution in [-0.4, -0.2) is 9.55 Å². The molecule has 0 aromatic heterocycles. The van der Waals surface area contributed by atoms with Gasteiger partial charge in [-0.15, -0.1) is 0 Å². The van der Waals surface area contributed by atoms with Crippen LogP contribution in [0.25, 0.3) is 28.1 Å². The molecule has 0 saturated heterocycles. The standard InChI is InChI=1S/C30H20Br2N4/c31-20-10-14-23(15-11-20)34-26-18-28-30(19-27(26)33-22-6-2-1-3-7-22)36(24-16-12-21(32)13-17-24)29-9-5-4-8-25(29)35-28/h1-19,34H/b33-27+. The molecule has 1 aliphatic carbocycles. The van der Waals surface area contributed by atoms with Crippen LogP contribution in [0.4, 0.5) is 17.1 Å². The van der Waals surface area contributed by atoms with Crippen LogP contribution in [0.3, 0.4) is 0 Å². The van der Waals surface area contributed by atoms with E-state index in [-0.39, 0.29) is 0 Å². The molecule has 1 heterocycles. The highest BCUT2D eigenvalue weighted by Crippen LogP contribution is 2.31. The van der Waals surface area contributed by atoms with E-state index in [0.29, 0.717) is 0 Å². The van der Waals surface area contributed by atoms with Crippen LogP contribution >= 0.6 is 31.9 Å². The number of anilines is 2. The Morgan fingerprint density at radius 2 is 1.36 bits per heavy atom. The van der Waals surface area contributed by atoms with E-state index in [4.69, 9.17) is 9.98 Å². The van der Waals surface area contributed by atoms with Crippen LogP contribution in [0.15, 0.2) is 129 Å². The van der Waals surface area contributed by atoms with Crippen molar-refractivity contribution in [2.45, 2.75) is 0 Å². The van der Waals surface area contributed by atoms with Crippen molar-refractivity contribution in [3.8, 4) is 17.1 Å². The monoisotopic (exact) mass is 594 g/mol. The molecule has 0 bridgehead atoms. The van der Waals surface area contributed by atoms with Crippen LogP contribution in [0, 0.1) is 0 Å². The Balaban J connectivity index is 1.66. The van der Waals surface area contributed by atoms with Crippen molar-refractivity contribution in [2.75, 3.05) is 5.32 Å². The molecule has 2 aliphatic rings. The lowest BCUT2D eigenvalue weighted by Gasteiger charge is -2.20. The van der Waals surface area contributed by atoms with Gasteiger partial charge in [0.05, 0.1) is 39.2 Å². The summed E-state index contributed by atoms with van der Waals surface area (Å²) in [7, 11) is 0. The summed E-state index contributed by atoms with van der Waals surface area (Å²) in [5, 5.41) is 4.39. The summed E-state index contributed by atoms with van der Waals surface area (Å²) in [6.07, 6.45) is 0. The molecule has 0 unspecified atom stereocenters. The highest BCUT2D eigenvalue weighted by atomic mass is 79.9. The minimum absolute atomic E-state index is 0.833. The molecule has 0 atom stereocenters. The van der Waals surface area contributed by atoms with E-state index in [1.54, 1.807) is 0 Å². The Bertz CT molecular complexity index is 1710. The Hall–Kier alpha value is -3.74. The number of hydrogen-bond donors (Lipinski definition) is 1. The number of aromatic nitrogens is 2. The smallest absolute Gasteiger partial charge is 0.0900 e. The van der Waals surface area contributed by atoms with Crippen molar-refractivity contribution >= 4 is 60.0 Å². The van der Waals surface area contributed by atoms with Crippen molar-refractivity contribution in [1.82, 2.24) is 9.55 Å². The molecule has 6 rings (SSSR count). The van der Waals surface area contributed by atoms with Crippen LogP contribution in [0.5, 0.6) is 0 Å². The number of nitrogens with zero attached hydrogens (tertiary/aromatic N) is 3. The number of halogens is 2. The van der Waals surface area contributed by atoms with Gasteiger partial charge in [-0.05, 0) is 84.9 Å². The normalized spacial score (nSPS) is 11.8. The molecular formula is C30H20Br2N4. The lowest BCUT2D eigenvalue weighted by molar-refractivity contribution is 1.07. The summed E-state index contributed by atoms with van der Waals surface area (Å²) in [6.45, 7) is 0. The third-order valence-electron chi connectivity index (χ3n) is 5.91. The second-order valence-corrected chi connectivity index (χ2v) is 10.2. The zero-order valence-electron chi connectivity index (χ0n) is 19.1. The van der Waals surface area contributed by atoms with Gasteiger partial charge < -0.3 is 9.88 Å². The molecule has 0 amide bonds. The molecule has 4 aromatic rings. The van der Waals surface area contributed by atoms with Crippen molar-refractivity contribution < 1.29 is 0 Å². The van der Waals surface area contributed by atoms with Crippen molar-refractivity contribution in [2.24, 2.45) is 4.99 Å². The van der Waals surface area contributed by atoms with E-state index in [9.17, 15) is 0 Å². The minimum Gasteiger partial charge on any atom is -0.354 e. The molecule has 6 heteroatoms. The van der Waals surface area contributed by atoms with Gasteiger partial charge in [-0.3, -0.25) is 0 Å². The van der Waals surface area contributed by atoms with E-state index >= 15 is 0 Å². The minimum atomic E-state index is 0.833. The first-order valence-electron chi connectivity index (χ1n) is 11.5. The van der Waals surface area contributed by atoms with Crippen molar-refractivity contribution in [3.63, 3.8) is 0 Å². The molecule has 1 aliphatic heterocycles. The lowest BCUT2D eigenvalue weighted by atomic mass is 10.1. The average Bonchev–Trinajstić information content (AvgIpc) is 2.90. The van der Waals surface area contributed by atoms with E-state index in [2.05, 4.69) is 84.2 Å². The van der Waals surface area contributed by atoms with Crippen LogP contribution in [0.2, 0.25) is 0 Å². The average molecular weight is 596 g/mol. The van der Waals surface area contributed by atoms with Gasteiger partial charge in [0.25, 0.3) is 0 Å². The molecule has 174 valence electrons. The fourth-order valence-corrected chi connectivity index (χ4v) is 4.76. The first-order valence-corrected chi connectivity index (χ1v) is 13.1. The summed E-state index contributed by atoms with van der Waals surface area (Å²) >= 11 is 7.08. The maximum Gasteiger partial charge on any atom is 0.0900 e. The Kier molecular flexibility index (Phi) is 6.13. The lowest BCUT2D eigenvalue weighted by Crippen LogP contribution is -2.14. The SMILES string of the molecule is Brc1ccc(Nc2cc3nc4ccccc4n(-c4ccc(Br)cc4)c-3c/c2=N\c2ccccc2)cc1. The molecule has 0 saturated carbocycles. The number of nitrogens with one attached hydrogen (secondary N) is 1. The van der Waals surface area contributed by atoms with E-state index in [1.165, 1.54) is 0 Å². The number of rotatable bonds is 4. The second kappa shape index (κ2) is 9.72. The third kappa shape index (κ3) is 4.57. The van der Waals surface area contributed by atoms with Gasteiger partial charge >= 0.3 is 0 Å². The van der Waals surface area contributed by atoms with Gasteiger partial charge in [0.1, 0.15) is 0 Å². The predicted molar refractivity (Wildman–Crippen MR) is 154 cm³/mol. The topological polar surface area (TPSA) is 42.2 Å². The van der Waals surface area contributed by atoms with E-state index in [0.717, 1.165) is 59.5 Å². The van der Waals surface area contributed by atoms with Crippen LogP contribution in [-0.2, 0) is 0 Å². The number of benzene rings is 5. The van der Waals surface area contributed by atoms with Gasteiger partial charge in [-0.2, -0.15) is 0 Å². The zero-order valence-corrected chi connectivity index (χ0v) is 22.2. The number of para-hydroxylation sites is 3. The third-order valence-corrected chi connectivity index (χ3v) is 6.97. The maximum absolute atomic E-state index is 5.03. The summed E-state index contributed by atoms with van der Waals surface area (Å²) in [5.74, 6) is 0. The fraction of sp³-hybridized carbons (Fsp3) is 0. The molecule has 0 radical (unpaired) electrons. The Morgan fingerprint density at radius 3 is 2.11 bits per heavy atom. The van der Waals surface area contributed by atoms with Gasteiger partial charge in [0.15, 0.2) is 0 Å². The summed E-state index contributed by atoms with van der Waals surface area (Å²) in [4.78, 5) is 10.0. The van der Waals surface area contributed by atoms with Gasteiger partial charge in [0, 0.05) is 20.3 Å². The summed E-state index contributed by atoms with van der Waals surface area (Å²) in [5.41, 5.74) is 7.63. The first kappa shape index (κ1) is 22.7. The fourth-order valence-electron chi connectivity index (χ4n) is 4.23. The number of fused-ring (bicyclic) bond motifs is 2. The van der Waals surface area contributed by atoms with Gasteiger partial charge in [-0.1, -0.05) is 62.2 Å². The molecule has 0 spiro atoms. The van der Waals surface area contributed by atoms with E-state index in [1.807, 2.05) is 72.8 Å². The molecule has 4 aromatic carbocycles.